The number of carbonyl (C=O) groups is 2. The molecular weight excluding hydrogens is 488 g/mol. The smallest absolute Gasteiger partial charge is 0.335 e. The van der Waals surface area contributed by atoms with E-state index < -0.39 is 16.8 Å². The Kier molecular flexibility index (Phi) is 5.54. The molecule has 1 aliphatic carbocycles. The first-order valence-electron chi connectivity index (χ1n) is 12.3. The number of fused-ring (bicyclic) bond motifs is 2. The van der Waals surface area contributed by atoms with Crippen LogP contribution in [0, 0.1) is 0 Å². The van der Waals surface area contributed by atoms with E-state index in [0.717, 1.165) is 33.9 Å². The summed E-state index contributed by atoms with van der Waals surface area (Å²) < 4.78 is 2.03. The van der Waals surface area contributed by atoms with Gasteiger partial charge in [0.2, 0.25) is 11.5 Å². The molecule has 0 spiro atoms. The van der Waals surface area contributed by atoms with Crippen molar-refractivity contribution in [1.82, 2.24) is 0 Å². The number of likely N-dealkylation sites (N-methyl/N-ethyl adjacent to an activating group) is 1. The number of aromatic carboxylic acids is 1. The van der Waals surface area contributed by atoms with Crippen molar-refractivity contribution in [2.45, 2.75) is 45.4 Å². The van der Waals surface area contributed by atoms with Crippen LogP contribution in [0.2, 0.25) is 5.02 Å². The molecule has 0 radical (unpaired) electrons. The standard InChI is InChI=1S/C30H29ClN2O4/c1-7-33-23-10-8-16(28(36)37)12-20(23)30(4,5)25(33)15-19-26(34)18(27(19)35)14-24-29(2,3)21-13-17(31)9-11-22(21)32(24)6/h8-15H,7H2,1-6H3,(H-,34,35,36,37)/p+1. The second-order valence-corrected chi connectivity index (χ2v) is 11.3. The largest absolute Gasteiger partial charge is 0.506 e. The van der Waals surface area contributed by atoms with Gasteiger partial charge in [-0.3, -0.25) is 4.79 Å². The number of nitrogens with zero attached hydrogens (tertiary/aromatic N) is 2. The van der Waals surface area contributed by atoms with Crippen LogP contribution in [0.1, 0.15) is 56.1 Å². The van der Waals surface area contributed by atoms with E-state index in [1.807, 2.05) is 56.7 Å². The van der Waals surface area contributed by atoms with Gasteiger partial charge in [-0.05, 0) is 62.7 Å². The monoisotopic (exact) mass is 517 g/mol. The Labute approximate surface area is 221 Å². The third-order valence-corrected chi connectivity index (χ3v) is 8.25. The number of hydrogen-bond acceptors (Lipinski definition) is 4. The number of carbonyl (C=O) groups excluding carboxylic acids is 1. The number of aliphatic hydroxyl groups excluding tert-OH is 1. The van der Waals surface area contributed by atoms with Crippen LogP contribution in [-0.4, -0.2) is 45.8 Å². The molecule has 2 aromatic carbocycles. The zero-order valence-electron chi connectivity index (χ0n) is 21.8. The minimum Gasteiger partial charge on any atom is -0.506 e. The van der Waals surface area contributed by atoms with E-state index in [-0.39, 0.29) is 28.3 Å². The predicted octanol–water partition coefficient (Wildman–Crippen LogP) is 6.07. The van der Waals surface area contributed by atoms with Crippen molar-refractivity contribution in [2.24, 2.45) is 0 Å². The number of carboxylic acids is 1. The van der Waals surface area contributed by atoms with E-state index >= 15 is 0 Å². The van der Waals surface area contributed by atoms with Crippen molar-refractivity contribution in [3.63, 3.8) is 0 Å². The number of Topliss-reactive ketones (excluding diaryl/α,β-unsaturated/α-hetero) is 1. The van der Waals surface area contributed by atoms with Crippen LogP contribution in [0.5, 0.6) is 0 Å². The molecule has 0 saturated carbocycles. The number of allylic oxidation sites excluding steroid dienone is 5. The third kappa shape index (κ3) is 3.50. The van der Waals surface area contributed by atoms with Crippen LogP contribution < -0.4 is 4.90 Å². The molecule has 5 rings (SSSR count). The Morgan fingerprint density at radius 1 is 1.05 bits per heavy atom. The molecule has 2 aliphatic heterocycles. The minimum atomic E-state index is -0.981. The molecule has 0 unspecified atom stereocenters. The van der Waals surface area contributed by atoms with Gasteiger partial charge >= 0.3 is 5.97 Å². The van der Waals surface area contributed by atoms with Crippen LogP contribution in [0.25, 0.3) is 0 Å². The van der Waals surface area contributed by atoms with Crippen LogP contribution >= 0.6 is 11.6 Å². The predicted molar refractivity (Wildman–Crippen MR) is 146 cm³/mol. The van der Waals surface area contributed by atoms with Crippen LogP contribution in [-0.2, 0) is 15.6 Å². The van der Waals surface area contributed by atoms with Gasteiger partial charge in [-0.1, -0.05) is 25.4 Å². The molecule has 37 heavy (non-hydrogen) atoms. The first-order valence-corrected chi connectivity index (χ1v) is 12.7. The summed E-state index contributed by atoms with van der Waals surface area (Å²) in [6.07, 6.45) is 3.53. The highest BCUT2D eigenvalue weighted by molar-refractivity contribution is 6.31. The molecule has 2 heterocycles. The van der Waals surface area contributed by atoms with Crippen molar-refractivity contribution in [1.29, 1.82) is 0 Å². The number of anilines is 1. The third-order valence-electron chi connectivity index (χ3n) is 8.01. The van der Waals surface area contributed by atoms with Gasteiger partial charge < -0.3 is 15.1 Å². The summed E-state index contributed by atoms with van der Waals surface area (Å²) in [7, 11) is 1.95. The summed E-state index contributed by atoms with van der Waals surface area (Å²) in [6.45, 7) is 10.8. The fraction of sp³-hybridized carbons (Fsp3) is 0.300. The molecule has 0 amide bonds. The lowest BCUT2D eigenvalue weighted by atomic mass is 9.77. The van der Waals surface area contributed by atoms with Gasteiger partial charge in [-0.15, -0.1) is 0 Å². The van der Waals surface area contributed by atoms with Crippen LogP contribution in [0.3, 0.4) is 0 Å². The lowest BCUT2D eigenvalue weighted by Crippen LogP contribution is -2.31. The number of ketones is 1. The molecule has 0 atom stereocenters. The van der Waals surface area contributed by atoms with Crippen LogP contribution in [0.4, 0.5) is 11.4 Å². The van der Waals surface area contributed by atoms with Crippen molar-refractivity contribution < 1.29 is 24.4 Å². The molecule has 3 aliphatic rings. The summed E-state index contributed by atoms with van der Waals surface area (Å²) in [4.78, 5) is 27.0. The Morgan fingerprint density at radius 3 is 2.38 bits per heavy atom. The lowest BCUT2D eigenvalue weighted by molar-refractivity contribution is -0.401. The first-order chi connectivity index (χ1) is 17.3. The summed E-state index contributed by atoms with van der Waals surface area (Å²) >= 11 is 6.26. The summed E-state index contributed by atoms with van der Waals surface area (Å²) in [6, 6.07) is 10.9. The Balaban J connectivity index is 1.56. The summed E-state index contributed by atoms with van der Waals surface area (Å²) in [5, 5.41) is 21.2. The molecule has 2 aromatic rings. The van der Waals surface area contributed by atoms with E-state index in [2.05, 4.69) is 18.7 Å². The highest BCUT2D eigenvalue weighted by atomic mass is 35.5. The van der Waals surface area contributed by atoms with Crippen molar-refractivity contribution in [3.8, 4) is 0 Å². The molecule has 0 aromatic heterocycles. The maximum Gasteiger partial charge on any atom is 0.335 e. The molecule has 190 valence electrons. The molecule has 0 bridgehead atoms. The van der Waals surface area contributed by atoms with Gasteiger partial charge in [0.15, 0.2) is 5.71 Å². The molecule has 0 fully saturated rings. The molecule has 6 nitrogen and oxygen atoms in total. The number of aliphatic hydroxyl groups is 1. The second kappa shape index (κ2) is 8.18. The molecule has 0 saturated heterocycles. The van der Waals surface area contributed by atoms with Gasteiger partial charge in [0.25, 0.3) is 0 Å². The highest BCUT2D eigenvalue weighted by Crippen LogP contribution is 2.49. The van der Waals surface area contributed by atoms with E-state index in [9.17, 15) is 19.8 Å². The maximum atomic E-state index is 13.3. The molecule has 7 heteroatoms. The summed E-state index contributed by atoms with van der Waals surface area (Å²) in [5.74, 6) is -1.23. The zero-order valence-corrected chi connectivity index (χ0v) is 22.6. The molecule has 2 N–H and O–H groups in total. The van der Waals surface area contributed by atoms with Gasteiger partial charge in [-0.25, -0.2) is 4.79 Å². The summed E-state index contributed by atoms with van der Waals surface area (Å²) in [5.41, 5.74) is 5.44. The van der Waals surface area contributed by atoms with E-state index in [0.29, 0.717) is 11.6 Å². The van der Waals surface area contributed by atoms with Gasteiger partial charge in [-0.2, -0.15) is 4.58 Å². The number of benzene rings is 2. The fourth-order valence-electron chi connectivity index (χ4n) is 5.86. The second-order valence-electron chi connectivity index (χ2n) is 10.8. The number of hydrogen-bond donors (Lipinski definition) is 2. The molecular formula is C30H30ClN2O4+. The van der Waals surface area contributed by atoms with Gasteiger partial charge in [0.1, 0.15) is 12.8 Å². The van der Waals surface area contributed by atoms with E-state index in [1.54, 1.807) is 24.3 Å². The number of rotatable bonds is 4. The van der Waals surface area contributed by atoms with Crippen molar-refractivity contribution in [2.75, 3.05) is 18.5 Å². The Hall–Kier alpha value is -3.64. The number of carboxylic acid groups (broad SMARTS) is 1. The van der Waals surface area contributed by atoms with Crippen molar-refractivity contribution in [3.05, 3.63) is 92.9 Å². The van der Waals surface area contributed by atoms with E-state index in [1.165, 1.54) is 0 Å². The average Bonchev–Trinajstić information content (AvgIpc) is 3.17. The maximum absolute atomic E-state index is 13.3. The quantitative estimate of drug-likeness (QED) is 0.380. The van der Waals surface area contributed by atoms with E-state index in [4.69, 9.17) is 11.6 Å². The Bertz CT molecular complexity index is 1540. The minimum absolute atomic E-state index is 0.0303. The number of halogens is 1. The van der Waals surface area contributed by atoms with Crippen LogP contribution in [0.15, 0.2) is 71.2 Å². The topological polar surface area (TPSA) is 80.8 Å². The highest BCUT2D eigenvalue weighted by Gasteiger charge is 2.46. The van der Waals surface area contributed by atoms with Gasteiger partial charge in [0.05, 0.1) is 22.1 Å². The SMILES string of the molecule is CCN1C(=CC2=C(O)C(=CC3=[N+](C)c4ccc(Cl)cc4C3(C)C)C2=O)C(C)(C)c2cc(C(=O)O)ccc21. The Morgan fingerprint density at radius 2 is 1.76 bits per heavy atom. The average molecular weight is 518 g/mol. The van der Waals surface area contributed by atoms with Crippen molar-refractivity contribution >= 4 is 40.4 Å². The van der Waals surface area contributed by atoms with Gasteiger partial charge in [0, 0.05) is 46.1 Å². The fourth-order valence-corrected chi connectivity index (χ4v) is 6.03. The normalized spacial score (nSPS) is 21.6. The first kappa shape index (κ1) is 25.0. The lowest BCUT2D eigenvalue weighted by Gasteiger charge is -2.28. The zero-order chi connectivity index (χ0) is 27.0.